The van der Waals surface area contributed by atoms with Crippen molar-refractivity contribution in [1.29, 1.82) is 0 Å². The Kier molecular flexibility index (Phi) is 6.51. The first-order chi connectivity index (χ1) is 10.2. The van der Waals surface area contributed by atoms with Crippen molar-refractivity contribution in [2.75, 3.05) is 20.3 Å². The lowest BCUT2D eigenvalue weighted by Gasteiger charge is -2.13. The van der Waals surface area contributed by atoms with E-state index < -0.39 is 0 Å². The van der Waals surface area contributed by atoms with Crippen LogP contribution in [0.25, 0.3) is 0 Å². The van der Waals surface area contributed by atoms with E-state index in [9.17, 15) is 0 Å². The van der Waals surface area contributed by atoms with Gasteiger partial charge < -0.3 is 14.8 Å². The van der Waals surface area contributed by atoms with Gasteiger partial charge in [0.25, 0.3) is 0 Å². The standard InChI is InChI=1S/C16H17BrClNO2/c1-20-10-9-19-11-14-15(18)3-2-4-16(14)21-13-7-5-12(17)6-8-13/h2-8,19H,9-11H2,1H3. The Morgan fingerprint density at radius 1 is 1.14 bits per heavy atom. The second-order valence-corrected chi connectivity index (χ2v) is 5.76. The Bertz CT molecular complexity index is 575. The molecule has 1 N–H and O–H groups in total. The zero-order chi connectivity index (χ0) is 15.1. The van der Waals surface area contributed by atoms with E-state index >= 15 is 0 Å². The van der Waals surface area contributed by atoms with E-state index in [-0.39, 0.29) is 0 Å². The lowest BCUT2D eigenvalue weighted by molar-refractivity contribution is 0.199. The lowest BCUT2D eigenvalue weighted by atomic mass is 10.2. The number of hydrogen-bond acceptors (Lipinski definition) is 3. The third kappa shape index (κ3) is 5.00. The Morgan fingerprint density at radius 3 is 2.62 bits per heavy atom. The van der Waals surface area contributed by atoms with Crippen LogP contribution in [0.3, 0.4) is 0 Å². The summed E-state index contributed by atoms with van der Waals surface area (Å²) in [4.78, 5) is 0. The van der Waals surface area contributed by atoms with Crippen molar-refractivity contribution in [2.45, 2.75) is 6.54 Å². The molecule has 0 aliphatic carbocycles. The van der Waals surface area contributed by atoms with Gasteiger partial charge in [0.2, 0.25) is 0 Å². The summed E-state index contributed by atoms with van der Waals surface area (Å²) in [6.45, 7) is 2.06. The molecule has 112 valence electrons. The van der Waals surface area contributed by atoms with Crippen LogP contribution in [0.4, 0.5) is 0 Å². The molecule has 0 amide bonds. The predicted molar refractivity (Wildman–Crippen MR) is 89.3 cm³/mol. The third-order valence-corrected chi connectivity index (χ3v) is 3.78. The Hall–Kier alpha value is -1.07. The van der Waals surface area contributed by atoms with E-state index in [2.05, 4.69) is 21.2 Å². The highest BCUT2D eigenvalue weighted by Gasteiger charge is 2.09. The number of nitrogens with one attached hydrogen (secondary N) is 1. The molecule has 0 spiro atoms. The van der Waals surface area contributed by atoms with Crippen LogP contribution in [-0.2, 0) is 11.3 Å². The van der Waals surface area contributed by atoms with Gasteiger partial charge in [0.1, 0.15) is 11.5 Å². The minimum Gasteiger partial charge on any atom is -0.457 e. The average molecular weight is 371 g/mol. The summed E-state index contributed by atoms with van der Waals surface area (Å²) in [6.07, 6.45) is 0. The summed E-state index contributed by atoms with van der Waals surface area (Å²) < 4.78 is 12.0. The fourth-order valence-corrected chi connectivity index (χ4v) is 2.32. The van der Waals surface area contributed by atoms with Gasteiger partial charge in [-0.25, -0.2) is 0 Å². The quantitative estimate of drug-likeness (QED) is 0.721. The highest BCUT2D eigenvalue weighted by Crippen LogP contribution is 2.30. The van der Waals surface area contributed by atoms with Crippen molar-refractivity contribution in [1.82, 2.24) is 5.32 Å². The van der Waals surface area contributed by atoms with E-state index in [1.165, 1.54) is 0 Å². The molecule has 2 aromatic carbocycles. The van der Waals surface area contributed by atoms with Crippen LogP contribution in [0, 0.1) is 0 Å². The van der Waals surface area contributed by atoms with Gasteiger partial charge in [0, 0.05) is 35.3 Å². The van der Waals surface area contributed by atoms with Crippen molar-refractivity contribution >= 4 is 27.5 Å². The Balaban J connectivity index is 2.11. The minimum absolute atomic E-state index is 0.634. The average Bonchev–Trinajstić information content (AvgIpc) is 2.48. The first kappa shape index (κ1) is 16.3. The number of ether oxygens (including phenoxy) is 2. The van der Waals surface area contributed by atoms with Crippen molar-refractivity contribution in [3.05, 3.63) is 57.5 Å². The van der Waals surface area contributed by atoms with Crippen LogP contribution < -0.4 is 10.1 Å². The van der Waals surface area contributed by atoms with E-state index in [1.807, 2.05) is 42.5 Å². The molecule has 0 atom stereocenters. The van der Waals surface area contributed by atoms with Crippen molar-refractivity contribution in [2.24, 2.45) is 0 Å². The van der Waals surface area contributed by atoms with Crippen LogP contribution in [0.15, 0.2) is 46.9 Å². The van der Waals surface area contributed by atoms with Gasteiger partial charge in [-0.05, 0) is 36.4 Å². The normalized spacial score (nSPS) is 10.6. The maximum Gasteiger partial charge on any atom is 0.133 e. The van der Waals surface area contributed by atoms with Crippen LogP contribution in [-0.4, -0.2) is 20.3 Å². The van der Waals surface area contributed by atoms with E-state index in [0.717, 1.165) is 28.1 Å². The summed E-state index contributed by atoms with van der Waals surface area (Å²) in [7, 11) is 1.68. The van der Waals surface area contributed by atoms with Crippen molar-refractivity contribution in [3.8, 4) is 11.5 Å². The highest BCUT2D eigenvalue weighted by molar-refractivity contribution is 9.10. The second-order valence-electron chi connectivity index (χ2n) is 4.44. The summed E-state index contributed by atoms with van der Waals surface area (Å²) in [5, 5.41) is 3.97. The maximum atomic E-state index is 6.27. The van der Waals surface area contributed by atoms with Gasteiger partial charge >= 0.3 is 0 Å². The van der Waals surface area contributed by atoms with Crippen LogP contribution >= 0.6 is 27.5 Å². The lowest BCUT2D eigenvalue weighted by Crippen LogP contribution is -2.19. The van der Waals surface area contributed by atoms with Crippen LogP contribution in [0.1, 0.15) is 5.56 Å². The first-order valence-corrected chi connectivity index (χ1v) is 7.78. The van der Waals surface area contributed by atoms with Crippen LogP contribution in [0.2, 0.25) is 5.02 Å². The first-order valence-electron chi connectivity index (χ1n) is 6.61. The Morgan fingerprint density at radius 2 is 1.90 bits per heavy atom. The smallest absolute Gasteiger partial charge is 0.133 e. The molecule has 0 bridgehead atoms. The molecule has 5 heteroatoms. The molecule has 0 aliphatic rings. The molecule has 0 radical (unpaired) electrons. The van der Waals surface area contributed by atoms with Crippen LogP contribution in [0.5, 0.6) is 11.5 Å². The molecule has 0 fully saturated rings. The van der Waals surface area contributed by atoms with E-state index in [1.54, 1.807) is 7.11 Å². The summed E-state index contributed by atoms with van der Waals surface area (Å²) in [5.41, 5.74) is 0.943. The molecule has 2 rings (SSSR count). The maximum absolute atomic E-state index is 6.27. The Labute approximate surface area is 138 Å². The van der Waals surface area contributed by atoms with Crippen molar-refractivity contribution < 1.29 is 9.47 Å². The summed E-state index contributed by atoms with van der Waals surface area (Å²) in [5.74, 6) is 1.54. The topological polar surface area (TPSA) is 30.5 Å². The third-order valence-electron chi connectivity index (χ3n) is 2.90. The molecular formula is C16H17BrClNO2. The summed E-state index contributed by atoms with van der Waals surface area (Å²) in [6, 6.07) is 13.4. The van der Waals surface area contributed by atoms with Gasteiger partial charge in [-0.1, -0.05) is 33.6 Å². The van der Waals surface area contributed by atoms with Gasteiger partial charge in [-0.3, -0.25) is 0 Å². The highest BCUT2D eigenvalue weighted by atomic mass is 79.9. The number of halogens is 2. The SMILES string of the molecule is COCCNCc1c(Cl)cccc1Oc1ccc(Br)cc1. The fourth-order valence-electron chi connectivity index (χ4n) is 1.82. The molecule has 0 aliphatic heterocycles. The summed E-state index contributed by atoms with van der Waals surface area (Å²) >= 11 is 9.68. The molecule has 2 aromatic rings. The number of hydrogen-bond donors (Lipinski definition) is 1. The molecule has 0 saturated carbocycles. The van der Waals surface area contributed by atoms with Gasteiger partial charge in [0.15, 0.2) is 0 Å². The molecule has 21 heavy (non-hydrogen) atoms. The molecule has 3 nitrogen and oxygen atoms in total. The number of methoxy groups -OCH3 is 1. The molecule has 0 unspecified atom stereocenters. The van der Waals surface area contributed by atoms with Gasteiger partial charge in [-0.2, -0.15) is 0 Å². The van der Waals surface area contributed by atoms with Gasteiger partial charge in [-0.15, -0.1) is 0 Å². The zero-order valence-electron chi connectivity index (χ0n) is 11.7. The van der Waals surface area contributed by atoms with Crippen molar-refractivity contribution in [3.63, 3.8) is 0 Å². The fraction of sp³-hybridized carbons (Fsp3) is 0.250. The zero-order valence-corrected chi connectivity index (χ0v) is 14.1. The second kappa shape index (κ2) is 8.39. The molecule has 0 aromatic heterocycles. The molecule has 0 heterocycles. The molecule has 0 saturated heterocycles. The van der Waals surface area contributed by atoms with Gasteiger partial charge in [0.05, 0.1) is 6.61 Å². The largest absolute Gasteiger partial charge is 0.457 e. The monoisotopic (exact) mass is 369 g/mol. The predicted octanol–water partition coefficient (Wildman–Crippen LogP) is 4.63. The van der Waals surface area contributed by atoms with E-state index in [4.69, 9.17) is 21.1 Å². The minimum atomic E-state index is 0.634. The number of rotatable bonds is 7. The molecular weight excluding hydrogens is 354 g/mol. The van der Waals surface area contributed by atoms with E-state index in [0.29, 0.717) is 18.2 Å². The number of benzene rings is 2.